The van der Waals surface area contributed by atoms with Crippen molar-refractivity contribution in [3.8, 4) is 0 Å². The summed E-state index contributed by atoms with van der Waals surface area (Å²) in [5.41, 5.74) is -2.88. The zero-order valence-electron chi connectivity index (χ0n) is 17.6. The van der Waals surface area contributed by atoms with Gasteiger partial charge in [0.2, 0.25) is 15.9 Å². The van der Waals surface area contributed by atoms with Crippen LogP contribution in [0.4, 0.5) is 32.0 Å². The first-order chi connectivity index (χ1) is 15.0. The van der Waals surface area contributed by atoms with Crippen LogP contribution in [-0.2, 0) is 26.4 Å². The van der Waals surface area contributed by atoms with Gasteiger partial charge in [0.25, 0.3) is 0 Å². The van der Waals surface area contributed by atoms with Gasteiger partial charge in [0, 0.05) is 11.3 Å². The van der Waals surface area contributed by atoms with Gasteiger partial charge in [-0.15, -0.1) is 0 Å². The predicted molar refractivity (Wildman–Crippen MR) is 108 cm³/mol. The first-order valence-corrected chi connectivity index (χ1v) is 11.6. The molecule has 0 radical (unpaired) electrons. The van der Waals surface area contributed by atoms with E-state index < -0.39 is 68.2 Å². The molecule has 1 aliphatic carbocycles. The van der Waals surface area contributed by atoms with E-state index in [-0.39, 0.29) is 17.5 Å². The Morgan fingerprint density at radius 2 is 1.67 bits per heavy atom. The lowest BCUT2D eigenvalue weighted by Crippen LogP contribution is -2.30. The molecule has 2 aromatic rings. The minimum atomic E-state index is -4.84. The first-order valence-electron chi connectivity index (χ1n) is 9.67. The Bertz CT molecular complexity index is 1190. The van der Waals surface area contributed by atoms with Gasteiger partial charge in [-0.05, 0) is 48.7 Å². The normalized spacial score (nSPS) is 21.4. The second kappa shape index (κ2) is 8.23. The summed E-state index contributed by atoms with van der Waals surface area (Å²) in [5, 5.41) is 2.57. The highest BCUT2D eigenvalue weighted by molar-refractivity contribution is 7.92. The van der Waals surface area contributed by atoms with Crippen LogP contribution in [0.2, 0.25) is 0 Å². The summed E-state index contributed by atoms with van der Waals surface area (Å²) < 4.78 is 105. The number of alkyl halides is 3. The minimum absolute atomic E-state index is 0.0281. The Hall–Kier alpha value is -2.76. The van der Waals surface area contributed by atoms with E-state index in [1.165, 1.54) is 6.92 Å². The molecular formula is C21H20F6N2O3S. The zero-order chi connectivity index (χ0) is 24.9. The minimum Gasteiger partial charge on any atom is -0.349 e. The molecule has 0 spiro atoms. The largest absolute Gasteiger partial charge is 0.419 e. The summed E-state index contributed by atoms with van der Waals surface area (Å²) in [6.07, 6.45) is -3.86. The molecule has 0 bridgehead atoms. The number of sulfonamides is 1. The standard InChI is InChI=1S/C21H20F6N2O3S/c1-10(11-6-16(23)18(17(24)7-11)29-33(3,31)32)28-19(30)14-9-20(14,2)12-4-5-13(15(22)8-12)21(25,26)27/h4-8,10,14,29H,9H2,1-3H3,(H,28,30). The number of carbonyl (C=O) groups excluding carboxylic acids is 1. The molecule has 5 nitrogen and oxygen atoms in total. The smallest absolute Gasteiger partial charge is 0.349 e. The second-order valence-electron chi connectivity index (χ2n) is 8.33. The highest BCUT2D eigenvalue weighted by Gasteiger charge is 2.56. The molecule has 3 unspecified atom stereocenters. The van der Waals surface area contributed by atoms with Gasteiger partial charge in [0.05, 0.1) is 17.9 Å². The fourth-order valence-electron chi connectivity index (χ4n) is 3.69. The van der Waals surface area contributed by atoms with Crippen LogP contribution in [0.15, 0.2) is 30.3 Å². The van der Waals surface area contributed by atoms with Gasteiger partial charge in [-0.2, -0.15) is 13.2 Å². The van der Waals surface area contributed by atoms with Gasteiger partial charge in [0.1, 0.15) is 11.5 Å². The van der Waals surface area contributed by atoms with Gasteiger partial charge in [-0.3, -0.25) is 9.52 Å². The SMILES string of the molecule is CC(NC(=O)C1CC1(C)c1ccc(C(F)(F)F)c(F)c1)c1cc(F)c(NS(C)(=O)=O)c(F)c1. The number of nitrogens with one attached hydrogen (secondary N) is 2. The number of anilines is 1. The van der Waals surface area contributed by atoms with Crippen molar-refractivity contribution in [2.45, 2.75) is 37.9 Å². The molecule has 0 aromatic heterocycles. The molecule has 3 rings (SSSR count). The number of carbonyl (C=O) groups is 1. The fourth-order valence-corrected chi connectivity index (χ4v) is 4.26. The van der Waals surface area contributed by atoms with E-state index in [9.17, 15) is 39.6 Å². The fraction of sp³-hybridized carbons (Fsp3) is 0.381. The van der Waals surface area contributed by atoms with Crippen LogP contribution >= 0.6 is 0 Å². The van der Waals surface area contributed by atoms with E-state index in [1.807, 2.05) is 0 Å². The average Bonchev–Trinajstić information content (AvgIpc) is 3.36. The predicted octanol–water partition coefficient (Wildman–Crippen LogP) is 4.65. The summed E-state index contributed by atoms with van der Waals surface area (Å²) in [4.78, 5) is 12.6. The quantitative estimate of drug-likeness (QED) is 0.575. The summed E-state index contributed by atoms with van der Waals surface area (Å²) in [6, 6.07) is 3.39. The van der Waals surface area contributed by atoms with E-state index >= 15 is 0 Å². The van der Waals surface area contributed by atoms with Crippen molar-refractivity contribution in [1.82, 2.24) is 5.32 Å². The van der Waals surface area contributed by atoms with Crippen LogP contribution in [0, 0.1) is 23.4 Å². The molecule has 180 valence electrons. The van der Waals surface area contributed by atoms with Crippen molar-refractivity contribution >= 4 is 21.6 Å². The topological polar surface area (TPSA) is 75.3 Å². The van der Waals surface area contributed by atoms with Crippen molar-refractivity contribution < 1.29 is 39.6 Å². The van der Waals surface area contributed by atoms with Crippen molar-refractivity contribution in [2.24, 2.45) is 5.92 Å². The molecule has 1 fully saturated rings. The number of halogens is 6. The van der Waals surface area contributed by atoms with Crippen LogP contribution < -0.4 is 10.0 Å². The van der Waals surface area contributed by atoms with E-state index in [2.05, 4.69) is 5.32 Å². The van der Waals surface area contributed by atoms with Crippen LogP contribution in [0.25, 0.3) is 0 Å². The number of rotatable bonds is 6. The molecule has 1 amide bonds. The Kier molecular flexibility index (Phi) is 6.20. The van der Waals surface area contributed by atoms with Gasteiger partial charge in [0.15, 0.2) is 11.6 Å². The number of benzene rings is 2. The first kappa shape index (κ1) is 24.9. The Labute approximate surface area is 186 Å². The lowest BCUT2D eigenvalue weighted by atomic mass is 9.93. The Balaban J connectivity index is 1.73. The van der Waals surface area contributed by atoms with Crippen LogP contribution in [0.3, 0.4) is 0 Å². The maximum absolute atomic E-state index is 14.2. The summed E-state index contributed by atoms with van der Waals surface area (Å²) in [5.74, 6) is -4.99. The second-order valence-corrected chi connectivity index (χ2v) is 10.1. The average molecular weight is 494 g/mol. The summed E-state index contributed by atoms with van der Waals surface area (Å²) >= 11 is 0. The molecule has 3 atom stereocenters. The lowest BCUT2D eigenvalue weighted by Gasteiger charge is -2.18. The molecular weight excluding hydrogens is 474 g/mol. The molecule has 2 N–H and O–H groups in total. The van der Waals surface area contributed by atoms with Crippen LogP contribution in [0.5, 0.6) is 0 Å². The van der Waals surface area contributed by atoms with E-state index in [1.54, 1.807) is 11.6 Å². The Morgan fingerprint density at radius 1 is 1.09 bits per heavy atom. The highest BCUT2D eigenvalue weighted by atomic mass is 32.2. The van der Waals surface area contributed by atoms with Gasteiger partial charge in [-0.25, -0.2) is 21.6 Å². The maximum atomic E-state index is 14.2. The Morgan fingerprint density at radius 3 is 2.15 bits per heavy atom. The van der Waals surface area contributed by atoms with Crippen molar-refractivity contribution in [3.63, 3.8) is 0 Å². The number of hydrogen-bond donors (Lipinski definition) is 2. The third kappa shape index (κ3) is 5.26. The van der Waals surface area contributed by atoms with Gasteiger partial charge < -0.3 is 5.32 Å². The molecule has 12 heteroatoms. The molecule has 0 saturated heterocycles. The molecule has 33 heavy (non-hydrogen) atoms. The van der Waals surface area contributed by atoms with E-state index in [0.717, 1.165) is 30.5 Å². The van der Waals surface area contributed by atoms with Gasteiger partial charge >= 0.3 is 6.18 Å². The molecule has 0 aliphatic heterocycles. The lowest BCUT2D eigenvalue weighted by molar-refractivity contribution is -0.140. The molecule has 1 saturated carbocycles. The maximum Gasteiger partial charge on any atom is 0.419 e. The summed E-state index contributed by atoms with van der Waals surface area (Å²) in [7, 11) is -3.92. The molecule has 1 aliphatic rings. The van der Waals surface area contributed by atoms with Crippen molar-refractivity contribution in [2.75, 3.05) is 11.0 Å². The van der Waals surface area contributed by atoms with Gasteiger partial charge in [-0.1, -0.05) is 13.0 Å². The molecule has 2 aromatic carbocycles. The highest BCUT2D eigenvalue weighted by Crippen LogP contribution is 2.54. The van der Waals surface area contributed by atoms with Crippen LogP contribution in [0.1, 0.15) is 43.0 Å². The third-order valence-electron chi connectivity index (χ3n) is 5.70. The summed E-state index contributed by atoms with van der Waals surface area (Å²) in [6.45, 7) is 3.06. The third-order valence-corrected chi connectivity index (χ3v) is 6.27. The number of hydrogen-bond acceptors (Lipinski definition) is 3. The van der Waals surface area contributed by atoms with E-state index in [4.69, 9.17) is 0 Å². The molecule has 0 heterocycles. The number of amides is 1. The van der Waals surface area contributed by atoms with E-state index in [0.29, 0.717) is 6.07 Å². The monoisotopic (exact) mass is 494 g/mol. The van der Waals surface area contributed by atoms with Crippen molar-refractivity contribution in [3.05, 3.63) is 64.5 Å². The zero-order valence-corrected chi connectivity index (χ0v) is 18.5. The van der Waals surface area contributed by atoms with Crippen LogP contribution in [-0.4, -0.2) is 20.6 Å². The van der Waals surface area contributed by atoms with Crippen molar-refractivity contribution in [1.29, 1.82) is 0 Å².